The lowest BCUT2D eigenvalue weighted by molar-refractivity contribution is -0.130. The number of H-pyrrole nitrogens is 4. The Hall–Kier alpha value is -9.07. The molecule has 106 heavy (non-hydrogen) atoms. The highest BCUT2D eigenvalue weighted by Gasteiger charge is 2.39. The molecule has 0 spiro atoms. The van der Waals surface area contributed by atoms with Crippen LogP contribution in [0.3, 0.4) is 0 Å². The number of benzene rings is 9. The van der Waals surface area contributed by atoms with Crippen LogP contribution in [0, 0.1) is 0 Å². The second-order valence-corrected chi connectivity index (χ2v) is 30.0. The monoisotopic (exact) mass is 1600 g/mol. The van der Waals surface area contributed by atoms with E-state index < -0.39 is 11.7 Å². The lowest BCUT2D eigenvalue weighted by atomic mass is 9.92. The van der Waals surface area contributed by atoms with Crippen LogP contribution in [-0.2, 0) is 46.6 Å². The molecule has 5 N–H and O–H groups in total. The number of aromatic amines is 4. The molecule has 0 aliphatic carbocycles. The summed E-state index contributed by atoms with van der Waals surface area (Å²) in [5.74, 6) is 1.63. The highest BCUT2D eigenvalue weighted by atomic mass is 79.9. The van der Waals surface area contributed by atoms with Crippen molar-refractivity contribution in [3.63, 3.8) is 0 Å². The maximum absolute atomic E-state index is 12.8. The first kappa shape index (κ1) is 73.8. The van der Waals surface area contributed by atoms with Crippen molar-refractivity contribution in [2.24, 2.45) is 0 Å². The predicted molar refractivity (Wildman–Crippen MR) is 429 cm³/mol. The van der Waals surface area contributed by atoms with Gasteiger partial charge in [-0.05, 0) is 205 Å². The highest BCUT2D eigenvalue weighted by molar-refractivity contribution is 9.10. The van der Waals surface area contributed by atoms with Gasteiger partial charge in [-0.1, -0.05) is 170 Å². The number of methoxy groups -OCH3 is 1. The van der Waals surface area contributed by atoms with Crippen LogP contribution >= 0.6 is 85.5 Å². The number of aromatic nitrogens is 4. The molecule has 4 aliphatic heterocycles. The average Bonchev–Trinajstić information content (AvgIpc) is 1.59. The summed E-state index contributed by atoms with van der Waals surface area (Å²) >= 11 is 40.6. The van der Waals surface area contributed by atoms with Crippen LogP contribution in [0.1, 0.15) is 118 Å². The summed E-state index contributed by atoms with van der Waals surface area (Å²) in [6.45, 7) is 8.67. The number of rotatable bonds is 10. The molecule has 8 heterocycles. The minimum absolute atomic E-state index is 0.0664. The van der Waals surface area contributed by atoms with Gasteiger partial charge >= 0.3 is 12.2 Å². The molecule has 17 rings (SSSR count). The van der Waals surface area contributed by atoms with Gasteiger partial charge < -0.3 is 49.1 Å². The maximum Gasteiger partial charge on any atom is 0.412 e. The average molecular weight is 1600 g/mol. The second-order valence-electron chi connectivity index (χ2n) is 26.3. The number of nitrogens with zero attached hydrogens (tertiary/aromatic N) is 3. The largest absolute Gasteiger partial charge is 0.497 e. The van der Waals surface area contributed by atoms with Gasteiger partial charge in [-0.25, -0.2) is 9.59 Å². The minimum atomic E-state index is -0.702. The van der Waals surface area contributed by atoms with E-state index in [0.29, 0.717) is 54.3 Å². The Morgan fingerprint density at radius 1 is 0.500 bits per heavy atom. The third-order valence-corrected chi connectivity index (χ3v) is 21.7. The van der Waals surface area contributed by atoms with E-state index in [0.717, 1.165) is 124 Å². The Morgan fingerprint density at radius 2 is 0.953 bits per heavy atom. The first-order valence-corrected chi connectivity index (χ1v) is 38.2. The predicted octanol–water partition coefficient (Wildman–Crippen LogP) is 21.8. The van der Waals surface area contributed by atoms with Crippen molar-refractivity contribution in [3.8, 4) is 11.5 Å². The van der Waals surface area contributed by atoms with Crippen LogP contribution in [0.2, 0.25) is 25.1 Å². The van der Waals surface area contributed by atoms with Crippen LogP contribution in [0.4, 0.5) is 9.59 Å². The number of amides is 3. The van der Waals surface area contributed by atoms with E-state index in [9.17, 15) is 14.4 Å². The molecule has 0 radical (unpaired) electrons. The molecule has 22 heteroatoms. The number of carbonyl (C=O) groups excluding carboxylic acids is 3. The summed E-state index contributed by atoms with van der Waals surface area (Å²) in [4.78, 5) is 57.3. The SMILES string of the molecule is CC(=O)N1CCc2c([nH]c3ccc(Cl)cc23)C1c1ccc(OCc2ccccc2)cc1.CCOC(=O)N1CCc2c([nH]c3ccc(Cl)cc23)C1c1ccccc1Cl.COc1ccc(C2c3[nH]c4ccc(Cl)cc4c3CCN2C(=O)OC(C)Cl)cc1.Clc1ccc(C2NCCc3c2[nH]c2ccc(Br)cc32)cc1. The van der Waals surface area contributed by atoms with E-state index in [4.69, 9.17) is 88.6 Å². The number of ether oxygens (including phenoxy) is 4. The third kappa shape index (κ3) is 15.7. The second kappa shape index (κ2) is 32.6. The zero-order chi connectivity index (χ0) is 73.9. The summed E-state index contributed by atoms with van der Waals surface area (Å²) in [5, 5.41) is 11.7. The molecule has 9 aromatic carbocycles. The van der Waals surface area contributed by atoms with Crippen LogP contribution < -0.4 is 14.8 Å². The molecule has 4 aliphatic rings. The van der Waals surface area contributed by atoms with E-state index in [-0.39, 0.29) is 36.2 Å². The lowest BCUT2D eigenvalue weighted by Gasteiger charge is -2.35. The van der Waals surface area contributed by atoms with Gasteiger partial charge in [0.2, 0.25) is 5.91 Å². The normalized spacial score (nSPS) is 16.8. The summed E-state index contributed by atoms with van der Waals surface area (Å²) in [6.07, 6.45) is 2.52. The molecule has 5 atom stereocenters. The minimum Gasteiger partial charge on any atom is -0.497 e. The summed E-state index contributed by atoms with van der Waals surface area (Å²) in [7, 11) is 1.63. The van der Waals surface area contributed by atoms with Gasteiger partial charge in [0.1, 0.15) is 30.2 Å². The van der Waals surface area contributed by atoms with Crippen molar-refractivity contribution in [1.82, 2.24) is 40.0 Å². The van der Waals surface area contributed by atoms with Crippen molar-refractivity contribution in [1.29, 1.82) is 0 Å². The molecular weight excluding hydrogens is 1530 g/mol. The molecule has 0 fully saturated rings. The van der Waals surface area contributed by atoms with Crippen molar-refractivity contribution in [3.05, 3.63) is 303 Å². The van der Waals surface area contributed by atoms with E-state index >= 15 is 0 Å². The van der Waals surface area contributed by atoms with Crippen molar-refractivity contribution >= 4 is 147 Å². The van der Waals surface area contributed by atoms with Gasteiger partial charge in [0.15, 0.2) is 5.56 Å². The molecule has 13 aromatic rings. The van der Waals surface area contributed by atoms with Crippen LogP contribution in [0.5, 0.6) is 11.5 Å². The third-order valence-electron chi connectivity index (χ3n) is 19.9. The fraction of sp³-hybridized carbons (Fsp3) is 0.226. The van der Waals surface area contributed by atoms with E-state index in [1.54, 1.807) is 30.8 Å². The van der Waals surface area contributed by atoms with E-state index in [1.807, 2.05) is 170 Å². The van der Waals surface area contributed by atoms with Crippen LogP contribution in [0.15, 0.2) is 205 Å². The lowest BCUT2D eigenvalue weighted by Crippen LogP contribution is -2.41. The zero-order valence-electron chi connectivity index (χ0n) is 58.4. The van der Waals surface area contributed by atoms with E-state index in [1.165, 1.54) is 44.4 Å². The fourth-order valence-corrected chi connectivity index (χ4v) is 16.4. The van der Waals surface area contributed by atoms with Gasteiger partial charge in [0, 0.05) is 129 Å². The number of hydrogen-bond donors (Lipinski definition) is 5. The molecular formula is C84H75BrCl6N8O7. The van der Waals surface area contributed by atoms with Crippen LogP contribution in [0.25, 0.3) is 43.6 Å². The zero-order valence-corrected chi connectivity index (χ0v) is 64.5. The number of alkyl halides is 1. The molecule has 0 saturated carbocycles. The summed E-state index contributed by atoms with van der Waals surface area (Å²) < 4.78 is 22.9. The first-order valence-electron chi connectivity index (χ1n) is 35.1. The molecule has 4 aromatic heterocycles. The summed E-state index contributed by atoms with van der Waals surface area (Å²) in [5.41, 5.74) is 18.1. The number of halogens is 7. The smallest absolute Gasteiger partial charge is 0.412 e. The molecule has 5 unspecified atom stereocenters. The Balaban J connectivity index is 0.000000120. The standard InChI is InChI=1S/C26H23ClN2O2.C21H20Cl2N2O3.C20H18Cl2N2O2.C17H14BrClN2/c1-17(30)29-14-13-22-23-15-20(27)9-12-24(23)28-25(22)26(29)19-7-10-21(11-8-19)31-16-18-5-3-2-4-6-18;1-12(22)28-21(26)25-10-9-16-17-11-14(23)5-8-18(17)24-19(16)20(25)13-3-6-15(27-2)7-4-13;1-2-26-20(25)24-10-9-13-15-11-12(21)7-8-17(15)23-18(13)19(24)14-5-3-4-6-16(14)22;18-11-3-6-15-14(9-11)13-7-8-20-16(17(13)21-15)10-1-4-12(19)5-2-10/h2-12,15,26,28H,13-14,16H2,1H3;3-8,11-12,20,24H,9-10H2,1-2H3;3-8,11,19,23H,2,9-10H2,1H3;1-6,9,16,20-21H,7-8H2. The Morgan fingerprint density at radius 3 is 1.48 bits per heavy atom. The number of hydrogen-bond acceptors (Lipinski definition) is 8. The first-order chi connectivity index (χ1) is 51.4. The van der Waals surface area contributed by atoms with Crippen molar-refractivity contribution in [2.45, 2.75) is 82.8 Å². The van der Waals surface area contributed by atoms with Crippen molar-refractivity contribution in [2.75, 3.05) is 39.9 Å². The van der Waals surface area contributed by atoms with Crippen molar-refractivity contribution < 1.29 is 33.3 Å². The van der Waals surface area contributed by atoms with Gasteiger partial charge in [-0.3, -0.25) is 14.6 Å². The van der Waals surface area contributed by atoms with Gasteiger partial charge in [-0.2, -0.15) is 0 Å². The Kier molecular flexibility index (Phi) is 22.7. The Bertz CT molecular complexity index is 5360. The summed E-state index contributed by atoms with van der Waals surface area (Å²) in [6, 6.07) is 64.9. The van der Waals surface area contributed by atoms with Gasteiger partial charge in [0.25, 0.3) is 0 Å². The molecule has 0 saturated heterocycles. The number of carbonyl (C=O) groups is 3. The molecule has 3 amide bonds. The fourth-order valence-electron chi connectivity index (χ4n) is 15.1. The highest BCUT2D eigenvalue weighted by Crippen LogP contribution is 2.45. The van der Waals surface area contributed by atoms with Gasteiger partial charge in [-0.15, -0.1) is 0 Å². The van der Waals surface area contributed by atoms with Gasteiger partial charge in [0.05, 0.1) is 25.8 Å². The number of fused-ring (bicyclic) bond motifs is 12. The molecule has 542 valence electrons. The quantitative estimate of drug-likeness (QED) is 0.0842. The maximum atomic E-state index is 12.8. The molecule has 15 nitrogen and oxygen atoms in total. The van der Waals surface area contributed by atoms with E-state index in [2.05, 4.69) is 83.6 Å². The number of nitrogens with one attached hydrogen (secondary N) is 5. The topological polar surface area (TPSA) is 173 Å². The molecule has 0 bridgehead atoms. The van der Waals surface area contributed by atoms with Crippen LogP contribution in [-0.4, -0.2) is 98.2 Å². The Labute approximate surface area is 652 Å².